The van der Waals surface area contributed by atoms with Crippen molar-refractivity contribution in [3.8, 4) is 0 Å². The van der Waals surface area contributed by atoms with Crippen LogP contribution in [0.3, 0.4) is 0 Å². The minimum Gasteiger partial charge on any atom is -0.350 e. The molecule has 0 aromatic heterocycles. The van der Waals surface area contributed by atoms with Crippen LogP contribution in [-0.4, -0.2) is 43.3 Å². The molecule has 1 atom stereocenters. The molecule has 254 valence electrons. The quantitative estimate of drug-likeness (QED) is 0.174. The van der Waals surface area contributed by atoms with Gasteiger partial charge in [0.05, 0.1) is 16.1 Å². The lowest BCUT2D eigenvalue weighted by molar-refractivity contribution is -0.140. The second kappa shape index (κ2) is 14.6. The molecule has 7 nitrogen and oxygen atoms in total. The first-order chi connectivity index (χ1) is 22.4. The highest BCUT2D eigenvalue weighted by Gasteiger charge is 2.37. The number of anilines is 1. The van der Waals surface area contributed by atoms with Gasteiger partial charge in [-0.2, -0.15) is 13.2 Å². The molecule has 48 heavy (non-hydrogen) atoms. The third-order valence-electron chi connectivity index (χ3n) is 7.38. The number of rotatable bonds is 11. The second-order valence-electron chi connectivity index (χ2n) is 12.5. The molecule has 0 saturated carbocycles. The number of hydrogen-bond acceptors (Lipinski definition) is 4. The minimum absolute atomic E-state index is 0.0317. The van der Waals surface area contributed by atoms with Crippen molar-refractivity contribution in [3.05, 3.63) is 131 Å². The first-order valence-corrected chi connectivity index (χ1v) is 16.5. The van der Waals surface area contributed by atoms with E-state index in [-0.39, 0.29) is 23.5 Å². The van der Waals surface area contributed by atoms with Crippen molar-refractivity contribution < 1.29 is 35.6 Å². The van der Waals surface area contributed by atoms with Crippen LogP contribution in [0.4, 0.5) is 23.2 Å². The number of nitrogens with one attached hydrogen (secondary N) is 1. The Morgan fingerprint density at radius 1 is 0.812 bits per heavy atom. The molecule has 0 aliphatic heterocycles. The van der Waals surface area contributed by atoms with Crippen LogP contribution < -0.4 is 9.62 Å². The number of nitrogens with zero attached hydrogens (tertiary/aromatic N) is 2. The molecule has 0 unspecified atom stereocenters. The Balaban J connectivity index is 1.85. The van der Waals surface area contributed by atoms with E-state index in [0.29, 0.717) is 21.5 Å². The van der Waals surface area contributed by atoms with E-state index in [4.69, 9.17) is 0 Å². The maximum absolute atomic E-state index is 14.5. The molecule has 0 heterocycles. The van der Waals surface area contributed by atoms with Crippen LogP contribution in [0.5, 0.6) is 0 Å². The molecule has 0 spiro atoms. The Hall–Kier alpha value is -4.71. The van der Waals surface area contributed by atoms with Crippen LogP contribution in [-0.2, 0) is 38.8 Å². The zero-order valence-corrected chi connectivity index (χ0v) is 27.8. The second-order valence-corrected chi connectivity index (χ2v) is 14.3. The third-order valence-corrected chi connectivity index (χ3v) is 9.17. The molecular weight excluding hydrogens is 646 g/mol. The van der Waals surface area contributed by atoms with Gasteiger partial charge >= 0.3 is 6.18 Å². The summed E-state index contributed by atoms with van der Waals surface area (Å²) in [6.07, 6.45) is -4.76. The monoisotopic (exact) mass is 683 g/mol. The largest absolute Gasteiger partial charge is 0.416 e. The molecule has 1 N–H and O–H groups in total. The lowest BCUT2D eigenvalue weighted by Gasteiger charge is -2.35. The van der Waals surface area contributed by atoms with Gasteiger partial charge in [0, 0.05) is 18.5 Å². The molecule has 0 saturated heterocycles. The van der Waals surface area contributed by atoms with Crippen molar-refractivity contribution in [1.82, 2.24) is 10.2 Å². The highest BCUT2D eigenvalue weighted by Crippen LogP contribution is 2.33. The molecule has 12 heteroatoms. The number of carbonyl (C=O) groups excluding carboxylic acids is 2. The average molecular weight is 684 g/mol. The van der Waals surface area contributed by atoms with E-state index < -0.39 is 57.5 Å². The summed E-state index contributed by atoms with van der Waals surface area (Å²) in [6.45, 7) is 5.87. The van der Waals surface area contributed by atoms with E-state index in [1.54, 1.807) is 58.0 Å². The predicted molar refractivity (Wildman–Crippen MR) is 176 cm³/mol. The van der Waals surface area contributed by atoms with E-state index in [9.17, 15) is 35.6 Å². The number of aryl methyl sites for hydroxylation is 1. The van der Waals surface area contributed by atoms with Crippen molar-refractivity contribution >= 4 is 27.5 Å². The maximum Gasteiger partial charge on any atom is 0.416 e. The average Bonchev–Trinajstić information content (AvgIpc) is 3.01. The summed E-state index contributed by atoms with van der Waals surface area (Å²) in [5.74, 6) is -1.92. The number of alkyl halides is 3. The van der Waals surface area contributed by atoms with E-state index in [2.05, 4.69) is 5.32 Å². The Bertz CT molecular complexity index is 1820. The molecule has 2 amide bonds. The highest BCUT2D eigenvalue weighted by atomic mass is 32.2. The number of sulfonamides is 1. The fraction of sp³-hybridized carbons (Fsp3) is 0.278. The summed E-state index contributed by atoms with van der Waals surface area (Å²) in [7, 11) is -4.61. The molecule has 0 radical (unpaired) electrons. The molecule has 0 bridgehead atoms. The van der Waals surface area contributed by atoms with E-state index in [1.165, 1.54) is 59.5 Å². The summed E-state index contributed by atoms with van der Waals surface area (Å²) in [5.41, 5.74) is -0.320. The van der Waals surface area contributed by atoms with Crippen molar-refractivity contribution in [1.29, 1.82) is 0 Å². The molecule has 0 aliphatic carbocycles. The van der Waals surface area contributed by atoms with Crippen molar-refractivity contribution in [3.63, 3.8) is 0 Å². The van der Waals surface area contributed by atoms with Gasteiger partial charge in [0.25, 0.3) is 10.0 Å². The van der Waals surface area contributed by atoms with Crippen LogP contribution in [0.2, 0.25) is 0 Å². The summed E-state index contributed by atoms with van der Waals surface area (Å²) in [5, 5.41) is 2.89. The van der Waals surface area contributed by atoms with Gasteiger partial charge in [0.1, 0.15) is 18.4 Å². The number of hydrogen-bond donors (Lipinski definition) is 1. The Morgan fingerprint density at radius 2 is 1.44 bits per heavy atom. The topological polar surface area (TPSA) is 86.8 Å². The fourth-order valence-electron chi connectivity index (χ4n) is 5.00. The maximum atomic E-state index is 14.5. The summed E-state index contributed by atoms with van der Waals surface area (Å²) < 4.78 is 84.0. The summed E-state index contributed by atoms with van der Waals surface area (Å²) in [4.78, 5) is 29.3. The smallest absolute Gasteiger partial charge is 0.350 e. The Morgan fingerprint density at radius 3 is 2.02 bits per heavy atom. The third kappa shape index (κ3) is 9.43. The number of halogens is 4. The Kier molecular flexibility index (Phi) is 11.0. The Labute approximate surface area is 278 Å². The molecule has 0 aliphatic rings. The highest BCUT2D eigenvalue weighted by molar-refractivity contribution is 7.92. The lowest BCUT2D eigenvalue weighted by atomic mass is 10.0. The first-order valence-electron chi connectivity index (χ1n) is 15.1. The fourth-order valence-corrected chi connectivity index (χ4v) is 6.40. The van der Waals surface area contributed by atoms with Crippen LogP contribution in [0.15, 0.2) is 108 Å². The first kappa shape index (κ1) is 36.1. The van der Waals surface area contributed by atoms with Gasteiger partial charge in [0.15, 0.2) is 0 Å². The van der Waals surface area contributed by atoms with Gasteiger partial charge in [-0.05, 0) is 81.3 Å². The SMILES string of the molecule is Cc1ccc(S(=O)(=O)N(CC(=O)N(Cc2ccc(F)cc2)[C@H](Cc2ccccc2)C(=O)NC(C)(C)C)c2cccc(C(F)(F)F)c2)cc1. The van der Waals surface area contributed by atoms with Crippen LogP contribution in [0.25, 0.3) is 0 Å². The normalized spacial score (nSPS) is 12.7. The molecule has 4 aromatic rings. The van der Waals surface area contributed by atoms with Crippen LogP contribution in [0.1, 0.15) is 43.0 Å². The van der Waals surface area contributed by atoms with Gasteiger partial charge in [-0.3, -0.25) is 13.9 Å². The van der Waals surface area contributed by atoms with Gasteiger partial charge < -0.3 is 10.2 Å². The van der Waals surface area contributed by atoms with Crippen LogP contribution >= 0.6 is 0 Å². The molecule has 4 rings (SSSR count). The molecule has 4 aromatic carbocycles. The van der Waals surface area contributed by atoms with Gasteiger partial charge in [-0.25, -0.2) is 12.8 Å². The van der Waals surface area contributed by atoms with Crippen molar-refractivity contribution in [2.24, 2.45) is 0 Å². The standard InChI is InChI=1S/C36H37F4N3O4S/c1-25-13-19-31(20-14-25)48(46,47)43(30-12-8-11-28(22-30)36(38,39)40)24-33(44)42(23-27-15-17-29(37)18-16-27)32(34(45)41-35(2,3)4)21-26-9-6-5-7-10-26/h5-20,22,32H,21,23-24H2,1-4H3,(H,41,45)/t32-/m1/s1. The lowest BCUT2D eigenvalue weighted by Crippen LogP contribution is -2.56. The number of benzene rings is 4. The van der Waals surface area contributed by atoms with E-state index >= 15 is 0 Å². The molecule has 0 fully saturated rings. The van der Waals surface area contributed by atoms with Crippen molar-refractivity contribution in [2.45, 2.75) is 63.3 Å². The summed E-state index contributed by atoms with van der Waals surface area (Å²) >= 11 is 0. The van der Waals surface area contributed by atoms with E-state index in [0.717, 1.165) is 17.7 Å². The number of carbonyl (C=O) groups is 2. The van der Waals surface area contributed by atoms with Gasteiger partial charge in [0.2, 0.25) is 11.8 Å². The van der Waals surface area contributed by atoms with Gasteiger partial charge in [-0.1, -0.05) is 66.2 Å². The zero-order valence-electron chi connectivity index (χ0n) is 27.0. The number of amides is 2. The zero-order chi connectivity index (χ0) is 35.3. The molecular formula is C36H37F4N3O4S. The summed E-state index contributed by atoms with van der Waals surface area (Å²) in [6, 6.07) is 22.3. The van der Waals surface area contributed by atoms with Crippen LogP contribution in [0, 0.1) is 12.7 Å². The predicted octanol–water partition coefficient (Wildman–Crippen LogP) is 6.90. The van der Waals surface area contributed by atoms with Crippen molar-refractivity contribution in [2.75, 3.05) is 10.8 Å². The van der Waals surface area contributed by atoms with Gasteiger partial charge in [-0.15, -0.1) is 0 Å². The minimum atomic E-state index is -4.79. The van der Waals surface area contributed by atoms with E-state index in [1.807, 2.05) is 0 Å².